The average Bonchev–Trinajstić information content (AvgIpc) is 2.93. The van der Waals surface area contributed by atoms with Crippen molar-refractivity contribution in [3.8, 4) is 0 Å². The zero-order valence-corrected chi connectivity index (χ0v) is 17.2. The number of esters is 3. The van der Waals surface area contributed by atoms with Crippen LogP contribution in [-0.2, 0) is 33.4 Å². The monoisotopic (exact) mass is 392 g/mol. The Morgan fingerprint density at radius 3 is 2.43 bits per heavy atom. The number of ketones is 1. The van der Waals surface area contributed by atoms with Crippen LogP contribution in [0.1, 0.15) is 54.4 Å². The molecule has 7 heteroatoms. The number of rotatable bonds is 3. The van der Waals surface area contributed by atoms with E-state index in [0.717, 1.165) is 5.57 Å². The molecule has 2 aliphatic carbocycles. The van der Waals surface area contributed by atoms with E-state index in [1.165, 1.54) is 13.8 Å². The third-order valence-electron chi connectivity index (χ3n) is 6.21. The lowest BCUT2D eigenvalue weighted by Crippen LogP contribution is -2.50. The molecule has 0 amide bonds. The molecule has 0 N–H and O–H groups in total. The molecule has 0 aromatic carbocycles. The molecule has 0 spiro atoms. The molecule has 7 nitrogen and oxygen atoms in total. The highest BCUT2D eigenvalue weighted by Crippen LogP contribution is 2.52. The number of carbonyl (C=O) groups is 4. The van der Waals surface area contributed by atoms with E-state index in [2.05, 4.69) is 0 Å². The molecule has 2 fully saturated rings. The SMILES string of the molecule is CC(=O)OC1(C)C(=O)OC2C3C(=C(C)CC(OC(=O)C(C)C)C21)C(=O)CC3C. The first-order valence-corrected chi connectivity index (χ1v) is 9.81. The molecule has 1 heterocycles. The number of fused-ring (bicyclic) bond motifs is 3. The molecule has 1 saturated heterocycles. The molecule has 1 aliphatic heterocycles. The smallest absolute Gasteiger partial charge is 0.351 e. The predicted octanol–water partition coefficient (Wildman–Crippen LogP) is 2.36. The molecule has 6 unspecified atom stereocenters. The van der Waals surface area contributed by atoms with Crippen LogP contribution in [0.4, 0.5) is 0 Å². The highest BCUT2D eigenvalue weighted by atomic mass is 16.6. The van der Waals surface area contributed by atoms with Crippen molar-refractivity contribution in [2.24, 2.45) is 23.7 Å². The number of carbonyl (C=O) groups excluding carboxylic acids is 4. The van der Waals surface area contributed by atoms with Gasteiger partial charge in [0.05, 0.1) is 11.8 Å². The molecular formula is C21H28O7. The first-order chi connectivity index (χ1) is 13.0. The molecule has 0 aromatic rings. The molecular weight excluding hydrogens is 364 g/mol. The van der Waals surface area contributed by atoms with Crippen LogP contribution in [-0.4, -0.2) is 41.5 Å². The van der Waals surface area contributed by atoms with Crippen molar-refractivity contribution < 1.29 is 33.4 Å². The zero-order valence-electron chi connectivity index (χ0n) is 17.2. The Bertz CT molecular complexity index is 765. The lowest BCUT2D eigenvalue weighted by molar-refractivity contribution is -0.178. The predicted molar refractivity (Wildman–Crippen MR) is 97.9 cm³/mol. The van der Waals surface area contributed by atoms with E-state index in [-0.39, 0.29) is 23.5 Å². The minimum Gasteiger partial charge on any atom is -0.461 e. The summed E-state index contributed by atoms with van der Waals surface area (Å²) in [5.41, 5.74) is -0.0542. The zero-order chi connectivity index (χ0) is 21.0. The largest absolute Gasteiger partial charge is 0.461 e. The van der Waals surface area contributed by atoms with Crippen LogP contribution in [0.2, 0.25) is 0 Å². The summed E-state index contributed by atoms with van der Waals surface area (Å²) in [5.74, 6) is -2.98. The van der Waals surface area contributed by atoms with E-state index < -0.39 is 41.6 Å². The van der Waals surface area contributed by atoms with Crippen LogP contribution in [0.25, 0.3) is 0 Å². The van der Waals surface area contributed by atoms with E-state index >= 15 is 0 Å². The van der Waals surface area contributed by atoms with Crippen LogP contribution in [0.15, 0.2) is 11.1 Å². The Morgan fingerprint density at radius 1 is 1.21 bits per heavy atom. The fourth-order valence-electron chi connectivity index (χ4n) is 4.98. The van der Waals surface area contributed by atoms with Gasteiger partial charge in [-0.1, -0.05) is 26.3 Å². The van der Waals surface area contributed by atoms with Crippen LogP contribution in [0.3, 0.4) is 0 Å². The number of Topliss-reactive ketones (excluding diaryl/α,β-unsaturated/α-hetero) is 1. The van der Waals surface area contributed by atoms with E-state index in [4.69, 9.17) is 14.2 Å². The molecule has 6 atom stereocenters. The normalized spacial score (nSPS) is 37.3. The average molecular weight is 392 g/mol. The lowest BCUT2D eigenvalue weighted by atomic mass is 9.76. The summed E-state index contributed by atoms with van der Waals surface area (Å²) >= 11 is 0. The maximum Gasteiger partial charge on any atom is 0.351 e. The fourth-order valence-corrected chi connectivity index (χ4v) is 4.98. The standard InChI is InChI=1S/C21H28O7/c1-9(2)19(24)26-14-8-11(4)15-13(23)7-10(3)16(15)18-17(14)21(6,20(25)27-18)28-12(5)22/h9-10,14,16-18H,7-8H2,1-6H3. The summed E-state index contributed by atoms with van der Waals surface area (Å²) in [6.07, 6.45) is -0.722. The summed E-state index contributed by atoms with van der Waals surface area (Å²) in [6.45, 7) is 10.0. The van der Waals surface area contributed by atoms with Gasteiger partial charge in [-0.2, -0.15) is 0 Å². The fraction of sp³-hybridized carbons (Fsp3) is 0.714. The van der Waals surface area contributed by atoms with Crippen molar-refractivity contribution in [3.63, 3.8) is 0 Å². The number of hydrogen-bond acceptors (Lipinski definition) is 7. The van der Waals surface area contributed by atoms with Gasteiger partial charge >= 0.3 is 17.9 Å². The Kier molecular flexibility index (Phi) is 5.15. The second-order valence-corrected chi connectivity index (χ2v) is 8.75. The molecule has 28 heavy (non-hydrogen) atoms. The molecule has 3 rings (SSSR count). The molecule has 0 bridgehead atoms. The van der Waals surface area contributed by atoms with Crippen molar-refractivity contribution in [2.45, 2.75) is 72.2 Å². The maximum atomic E-state index is 12.8. The summed E-state index contributed by atoms with van der Waals surface area (Å²) in [7, 11) is 0. The first kappa shape index (κ1) is 20.6. The Hall–Kier alpha value is -2.18. The van der Waals surface area contributed by atoms with Gasteiger partial charge in [-0.05, 0) is 19.8 Å². The van der Waals surface area contributed by atoms with Gasteiger partial charge in [-0.3, -0.25) is 14.4 Å². The minimum absolute atomic E-state index is 0.0167. The molecule has 1 saturated carbocycles. The minimum atomic E-state index is -1.57. The van der Waals surface area contributed by atoms with Crippen LogP contribution < -0.4 is 0 Å². The highest BCUT2D eigenvalue weighted by molar-refractivity contribution is 5.99. The third-order valence-corrected chi connectivity index (χ3v) is 6.21. The van der Waals surface area contributed by atoms with Gasteiger partial charge in [0.15, 0.2) is 5.78 Å². The summed E-state index contributed by atoms with van der Waals surface area (Å²) < 4.78 is 16.9. The third kappa shape index (κ3) is 3.14. The highest BCUT2D eigenvalue weighted by Gasteiger charge is 2.65. The summed E-state index contributed by atoms with van der Waals surface area (Å²) in [4.78, 5) is 49.6. The molecule has 3 aliphatic rings. The van der Waals surface area contributed by atoms with E-state index in [1.807, 2.05) is 13.8 Å². The number of hydrogen-bond donors (Lipinski definition) is 0. The maximum absolute atomic E-state index is 12.8. The topological polar surface area (TPSA) is 96.0 Å². The van der Waals surface area contributed by atoms with Crippen LogP contribution >= 0.6 is 0 Å². The van der Waals surface area contributed by atoms with Gasteiger partial charge in [0.1, 0.15) is 12.2 Å². The first-order valence-electron chi connectivity index (χ1n) is 9.81. The van der Waals surface area contributed by atoms with Crippen molar-refractivity contribution in [3.05, 3.63) is 11.1 Å². The van der Waals surface area contributed by atoms with E-state index in [1.54, 1.807) is 13.8 Å². The van der Waals surface area contributed by atoms with Gasteiger partial charge in [0, 0.05) is 31.3 Å². The van der Waals surface area contributed by atoms with Gasteiger partial charge in [-0.25, -0.2) is 4.79 Å². The second kappa shape index (κ2) is 7.01. The van der Waals surface area contributed by atoms with Crippen molar-refractivity contribution >= 4 is 23.7 Å². The lowest BCUT2D eigenvalue weighted by Gasteiger charge is -2.35. The van der Waals surface area contributed by atoms with Crippen molar-refractivity contribution in [1.29, 1.82) is 0 Å². The van der Waals surface area contributed by atoms with E-state index in [9.17, 15) is 19.2 Å². The Morgan fingerprint density at radius 2 is 1.86 bits per heavy atom. The van der Waals surface area contributed by atoms with Crippen LogP contribution in [0.5, 0.6) is 0 Å². The van der Waals surface area contributed by atoms with Gasteiger partial charge in [0.25, 0.3) is 0 Å². The molecule has 154 valence electrons. The summed E-state index contributed by atoms with van der Waals surface area (Å²) in [5, 5.41) is 0. The van der Waals surface area contributed by atoms with Crippen molar-refractivity contribution in [2.75, 3.05) is 0 Å². The van der Waals surface area contributed by atoms with Gasteiger partial charge in [-0.15, -0.1) is 0 Å². The van der Waals surface area contributed by atoms with Gasteiger partial charge < -0.3 is 14.2 Å². The second-order valence-electron chi connectivity index (χ2n) is 8.75. The van der Waals surface area contributed by atoms with Gasteiger partial charge in [0.2, 0.25) is 5.60 Å². The Labute approximate surface area is 164 Å². The van der Waals surface area contributed by atoms with E-state index in [0.29, 0.717) is 18.4 Å². The number of ether oxygens (including phenoxy) is 3. The van der Waals surface area contributed by atoms with Crippen molar-refractivity contribution in [1.82, 2.24) is 0 Å². The molecule has 0 radical (unpaired) electrons. The summed E-state index contributed by atoms with van der Waals surface area (Å²) in [6, 6.07) is 0. The Balaban J connectivity index is 2.11. The quantitative estimate of drug-likeness (QED) is 0.537. The molecule has 0 aromatic heterocycles. The van der Waals surface area contributed by atoms with Crippen LogP contribution in [0, 0.1) is 23.7 Å².